The van der Waals surface area contributed by atoms with Gasteiger partial charge in [-0.3, -0.25) is 0 Å². The third-order valence-electron chi connectivity index (χ3n) is 3.05. The van der Waals surface area contributed by atoms with Crippen LogP contribution in [-0.2, 0) is 10.8 Å². The van der Waals surface area contributed by atoms with Crippen molar-refractivity contribution in [2.24, 2.45) is 0 Å². The Hall–Kier alpha value is -1.97. The van der Waals surface area contributed by atoms with E-state index in [9.17, 15) is 4.21 Å². The van der Waals surface area contributed by atoms with Crippen LogP contribution in [0.3, 0.4) is 0 Å². The van der Waals surface area contributed by atoms with Gasteiger partial charge in [0.25, 0.3) is 0 Å². The largest absolute Gasteiger partial charge is 0.247 e. The highest BCUT2D eigenvalue weighted by Crippen LogP contribution is 2.29. The minimum absolute atomic E-state index is 0.548. The summed E-state index contributed by atoms with van der Waals surface area (Å²) in [6.07, 6.45) is 1.65. The first-order chi connectivity index (χ1) is 10.3. The maximum atomic E-state index is 12.7. The average Bonchev–Trinajstić information content (AvgIpc) is 2.55. The van der Waals surface area contributed by atoms with Crippen LogP contribution in [0.5, 0.6) is 0 Å². The van der Waals surface area contributed by atoms with E-state index in [1.807, 2.05) is 60.7 Å². The van der Waals surface area contributed by atoms with Gasteiger partial charge in [-0.25, -0.2) is 9.19 Å². The maximum Gasteiger partial charge on any atom is 0.132 e. The summed E-state index contributed by atoms with van der Waals surface area (Å²) in [5, 5.41) is 1.21. The Morgan fingerprint density at radius 2 is 1.71 bits per heavy atom. The molecular formula is C17H12ClNOS. The SMILES string of the molecule is O=S(c1ccccn1)c1ccccc1-c1cccc(Cl)c1. The molecule has 2 aromatic carbocycles. The molecule has 0 aliphatic heterocycles. The third-order valence-corrected chi connectivity index (χ3v) is 4.66. The minimum atomic E-state index is -1.32. The molecule has 0 spiro atoms. The van der Waals surface area contributed by atoms with Crippen LogP contribution in [-0.4, -0.2) is 9.19 Å². The molecule has 0 radical (unpaired) electrons. The van der Waals surface area contributed by atoms with Crippen molar-refractivity contribution in [2.45, 2.75) is 9.92 Å². The van der Waals surface area contributed by atoms with Gasteiger partial charge in [0, 0.05) is 11.2 Å². The molecule has 0 aliphatic rings. The fourth-order valence-corrected chi connectivity index (χ4v) is 3.45. The lowest BCUT2D eigenvalue weighted by molar-refractivity contribution is 0.680. The van der Waals surface area contributed by atoms with Crippen molar-refractivity contribution in [3.63, 3.8) is 0 Å². The van der Waals surface area contributed by atoms with Gasteiger partial charge in [0.1, 0.15) is 15.8 Å². The molecule has 0 saturated heterocycles. The zero-order valence-corrected chi connectivity index (χ0v) is 12.6. The van der Waals surface area contributed by atoms with Crippen LogP contribution in [0.1, 0.15) is 0 Å². The van der Waals surface area contributed by atoms with E-state index in [2.05, 4.69) is 4.98 Å². The van der Waals surface area contributed by atoms with E-state index in [1.54, 1.807) is 12.3 Å². The normalized spacial score (nSPS) is 12.0. The molecular weight excluding hydrogens is 302 g/mol. The molecule has 0 aliphatic carbocycles. The average molecular weight is 314 g/mol. The summed E-state index contributed by atoms with van der Waals surface area (Å²) in [4.78, 5) is 4.92. The van der Waals surface area contributed by atoms with Crippen molar-refractivity contribution in [2.75, 3.05) is 0 Å². The first-order valence-corrected chi connectivity index (χ1v) is 7.96. The Morgan fingerprint density at radius 3 is 2.48 bits per heavy atom. The zero-order valence-electron chi connectivity index (χ0n) is 11.1. The monoisotopic (exact) mass is 313 g/mol. The molecule has 3 aromatic rings. The van der Waals surface area contributed by atoms with E-state index in [0.29, 0.717) is 10.0 Å². The molecule has 1 atom stereocenters. The predicted octanol–water partition coefficient (Wildman–Crippen LogP) is 4.57. The summed E-state index contributed by atoms with van der Waals surface area (Å²) in [6.45, 7) is 0. The lowest BCUT2D eigenvalue weighted by Gasteiger charge is -2.09. The molecule has 0 amide bonds. The van der Waals surface area contributed by atoms with Crippen LogP contribution < -0.4 is 0 Å². The number of rotatable bonds is 3. The molecule has 3 rings (SSSR count). The molecule has 4 heteroatoms. The van der Waals surface area contributed by atoms with Crippen LogP contribution in [0.15, 0.2) is 82.8 Å². The topological polar surface area (TPSA) is 30.0 Å². The summed E-state index contributed by atoms with van der Waals surface area (Å²) in [5.74, 6) is 0. The Bertz CT molecular complexity index is 790. The highest BCUT2D eigenvalue weighted by atomic mass is 35.5. The summed E-state index contributed by atoms with van der Waals surface area (Å²) in [6, 6.07) is 20.6. The molecule has 0 saturated carbocycles. The Morgan fingerprint density at radius 1 is 0.905 bits per heavy atom. The molecule has 2 nitrogen and oxygen atoms in total. The number of halogens is 1. The van der Waals surface area contributed by atoms with Crippen molar-refractivity contribution in [3.8, 4) is 11.1 Å². The maximum absolute atomic E-state index is 12.7. The number of hydrogen-bond acceptors (Lipinski definition) is 2. The van der Waals surface area contributed by atoms with E-state index in [1.165, 1.54) is 0 Å². The van der Waals surface area contributed by atoms with Crippen molar-refractivity contribution in [3.05, 3.63) is 77.9 Å². The number of pyridine rings is 1. The quantitative estimate of drug-likeness (QED) is 0.709. The predicted molar refractivity (Wildman–Crippen MR) is 85.8 cm³/mol. The van der Waals surface area contributed by atoms with E-state index in [4.69, 9.17) is 11.6 Å². The first-order valence-electron chi connectivity index (χ1n) is 6.43. The van der Waals surface area contributed by atoms with Crippen LogP contribution >= 0.6 is 11.6 Å². The van der Waals surface area contributed by atoms with Gasteiger partial charge in [0.15, 0.2) is 0 Å². The fourth-order valence-electron chi connectivity index (χ4n) is 2.09. The third kappa shape index (κ3) is 3.04. The highest BCUT2D eigenvalue weighted by molar-refractivity contribution is 7.85. The number of hydrogen-bond donors (Lipinski definition) is 0. The Labute approximate surface area is 130 Å². The fraction of sp³-hybridized carbons (Fsp3) is 0. The van der Waals surface area contributed by atoms with Crippen LogP contribution in [0.2, 0.25) is 5.02 Å². The van der Waals surface area contributed by atoms with Gasteiger partial charge in [-0.05, 0) is 41.5 Å². The summed E-state index contributed by atoms with van der Waals surface area (Å²) >= 11 is 6.06. The second-order valence-corrected chi connectivity index (χ2v) is 6.28. The van der Waals surface area contributed by atoms with Crippen LogP contribution in [0.4, 0.5) is 0 Å². The Kier molecular flexibility index (Phi) is 4.13. The Balaban J connectivity index is 2.11. The van der Waals surface area contributed by atoms with Gasteiger partial charge in [-0.1, -0.05) is 48.0 Å². The van der Waals surface area contributed by atoms with Crippen molar-refractivity contribution < 1.29 is 4.21 Å². The lowest BCUT2D eigenvalue weighted by Crippen LogP contribution is -1.97. The van der Waals surface area contributed by atoms with Gasteiger partial charge < -0.3 is 0 Å². The second kappa shape index (κ2) is 6.20. The smallest absolute Gasteiger partial charge is 0.132 e. The van der Waals surface area contributed by atoms with Crippen LogP contribution in [0.25, 0.3) is 11.1 Å². The molecule has 1 unspecified atom stereocenters. The number of aromatic nitrogens is 1. The molecule has 1 aromatic heterocycles. The first kappa shape index (κ1) is 14.0. The van der Waals surface area contributed by atoms with Gasteiger partial charge in [-0.15, -0.1) is 0 Å². The van der Waals surface area contributed by atoms with E-state index < -0.39 is 10.8 Å². The molecule has 0 bridgehead atoms. The van der Waals surface area contributed by atoms with Gasteiger partial charge in [0.2, 0.25) is 0 Å². The molecule has 0 N–H and O–H groups in total. The molecule has 0 fully saturated rings. The zero-order chi connectivity index (χ0) is 14.7. The number of nitrogens with zero attached hydrogens (tertiary/aromatic N) is 1. The van der Waals surface area contributed by atoms with Crippen LogP contribution in [0, 0.1) is 0 Å². The molecule has 21 heavy (non-hydrogen) atoms. The van der Waals surface area contributed by atoms with E-state index in [0.717, 1.165) is 16.0 Å². The van der Waals surface area contributed by atoms with Crippen molar-refractivity contribution >= 4 is 22.4 Å². The van der Waals surface area contributed by atoms with Gasteiger partial charge in [0.05, 0.1) is 4.90 Å². The highest BCUT2D eigenvalue weighted by Gasteiger charge is 2.13. The minimum Gasteiger partial charge on any atom is -0.247 e. The standard InChI is InChI=1S/C17H12ClNOS/c18-14-7-5-6-13(12-14)15-8-1-2-9-16(15)21(20)17-10-3-4-11-19-17/h1-12H. The van der Waals surface area contributed by atoms with E-state index >= 15 is 0 Å². The molecule has 1 heterocycles. The van der Waals surface area contributed by atoms with Crippen molar-refractivity contribution in [1.82, 2.24) is 4.98 Å². The van der Waals surface area contributed by atoms with Crippen molar-refractivity contribution in [1.29, 1.82) is 0 Å². The summed E-state index contributed by atoms with van der Waals surface area (Å²) in [7, 11) is -1.32. The second-order valence-electron chi connectivity index (χ2n) is 4.44. The molecule has 104 valence electrons. The number of benzene rings is 2. The van der Waals surface area contributed by atoms with E-state index in [-0.39, 0.29) is 0 Å². The summed E-state index contributed by atoms with van der Waals surface area (Å²) in [5.41, 5.74) is 1.85. The summed E-state index contributed by atoms with van der Waals surface area (Å²) < 4.78 is 12.7. The van der Waals surface area contributed by atoms with Gasteiger partial charge in [-0.2, -0.15) is 0 Å². The van der Waals surface area contributed by atoms with Gasteiger partial charge >= 0.3 is 0 Å². The lowest BCUT2D eigenvalue weighted by atomic mass is 10.1.